The topological polar surface area (TPSA) is 50.7 Å². The summed E-state index contributed by atoms with van der Waals surface area (Å²) < 4.78 is 5.52. The highest BCUT2D eigenvalue weighted by Gasteiger charge is 2.12. The second-order valence-corrected chi connectivity index (χ2v) is 5.21. The van der Waals surface area contributed by atoms with Crippen LogP contribution in [0.1, 0.15) is 35.7 Å². The summed E-state index contributed by atoms with van der Waals surface area (Å²) in [4.78, 5) is 12.4. The fourth-order valence-corrected chi connectivity index (χ4v) is 2.24. The van der Waals surface area contributed by atoms with Gasteiger partial charge in [-0.3, -0.25) is 4.79 Å². The first-order chi connectivity index (χ1) is 11.8. The Morgan fingerprint density at radius 3 is 2.58 bits per heavy atom. The summed E-state index contributed by atoms with van der Waals surface area (Å²) >= 11 is 0. The molecule has 24 heavy (non-hydrogen) atoms. The lowest BCUT2D eigenvalue weighted by Crippen LogP contribution is -2.21. The van der Waals surface area contributed by atoms with Gasteiger partial charge in [0, 0.05) is 0 Å². The molecule has 1 N–H and O–H groups in total. The molecule has 0 radical (unpaired) electrons. The Kier molecular flexibility index (Phi) is 6.77. The SMILES string of the molecule is C=CCOc1ccccc1C(=O)N/N=C(\CCC)c1ccccc1. The lowest BCUT2D eigenvalue weighted by Gasteiger charge is -2.10. The monoisotopic (exact) mass is 322 g/mol. The summed E-state index contributed by atoms with van der Waals surface area (Å²) in [5.41, 5.74) is 4.96. The van der Waals surface area contributed by atoms with Gasteiger partial charge in [-0.25, -0.2) is 5.43 Å². The fraction of sp³-hybridized carbons (Fsp3) is 0.200. The van der Waals surface area contributed by atoms with Crippen molar-refractivity contribution in [2.45, 2.75) is 19.8 Å². The van der Waals surface area contributed by atoms with Crippen LogP contribution in [0, 0.1) is 0 Å². The molecule has 4 heteroatoms. The number of nitrogens with one attached hydrogen (secondary N) is 1. The van der Waals surface area contributed by atoms with Gasteiger partial charge in [0.2, 0.25) is 0 Å². The van der Waals surface area contributed by atoms with Crippen molar-refractivity contribution in [3.63, 3.8) is 0 Å². The minimum atomic E-state index is -0.292. The first-order valence-corrected chi connectivity index (χ1v) is 8.01. The molecule has 0 unspecified atom stereocenters. The third-order valence-electron chi connectivity index (χ3n) is 3.37. The van der Waals surface area contributed by atoms with Crippen LogP contribution in [0.4, 0.5) is 0 Å². The van der Waals surface area contributed by atoms with Crippen molar-refractivity contribution in [3.8, 4) is 5.75 Å². The number of rotatable bonds is 8. The third-order valence-corrected chi connectivity index (χ3v) is 3.37. The molecule has 0 saturated heterocycles. The maximum absolute atomic E-state index is 12.4. The fourth-order valence-electron chi connectivity index (χ4n) is 2.24. The van der Waals surface area contributed by atoms with Crippen molar-refractivity contribution in [2.24, 2.45) is 5.10 Å². The minimum absolute atomic E-state index is 0.292. The summed E-state index contributed by atoms with van der Waals surface area (Å²) in [5.74, 6) is 0.223. The molecule has 124 valence electrons. The third kappa shape index (κ3) is 4.81. The van der Waals surface area contributed by atoms with Crippen LogP contribution in [0.2, 0.25) is 0 Å². The number of hydrogen-bond acceptors (Lipinski definition) is 3. The zero-order valence-electron chi connectivity index (χ0n) is 13.9. The van der Waals surface area contributed by atoms with Crippen LogP contribution in [0.5, 0.6) is 5.75 Å². The van der Waals surface area contributed by atoms with E-state index in [9.17, 15) is 4.79 Å². The van der Waals surface area contributed by atoms with E-state index in [1.165, 1.54) is 0 Å². The average molecular weight is 322 g/mol. The van der Waals surface area contributed by atoms with Crippen LogP contribution in [-0.4, -0.2) is 18.2 Å². The zero-order chi connectivity index (χ0) is 17.2. The molecule has 2 aromatic rings. The van der Waals surface area contributed by atoms with E-state index in [0.717, 1.165) is 24.1 Å². The summed E-state index contributed by atoms with van der Waals surface area (Å²) in [5, 5.41) is 4.32. The number of carbonyl (C=O) groups excluding carboxylic acids is 1. The second kappa shape index (κ2) is 9.30. The van der Waals surface area contributed by atoms with E-state index in [1.54, 1.807) is 24.3 Å². The molecule has 0 aliphatic carbocycles. The van der Waals surface area contributed by atoms with Crippen molar-refractivity contribution < 1.29 is 9.53 Å². The molecule has 2 rings (SSSR count). The molecule has 0 atom stereocenters. The van der Waals surface area contributed by atoms with Crippen LogP contribution >= 0.6 is 0 Å². The van der Waals surface area contributed by atoms with E-state index in [-0.39, 0.29) is 5.91 Å². The molecular weight excluding hydrogens is 300 g/mol. The predicted molar refractivity (Wildman–Crippen MR) is 97.5 cm³/mol. The highest BCUT2D eigenvalue weighted by atomic mass is 16.5. The van der Waals surface area contributed by atoms with E-state index in [1.807, 2.05) is 36.4 Å². The lowest BCUT2D eigenvalue weighted by molar-refractivity contribution is 0.0951. The number of benzene rings is 2. The van der Waals surface area contributed by atoms with E-state index in [2.05, 4.69) is 24.0 Å². The smallest absolute Gasteiger partial charge is 0.275 e. The Morgan fingerprint density at radius 1 is 1.17 bits per heavy atom. The minimum Gasteiger partial charge on any atom is -0.489 e. The molecule has 0 spiro atoms. The Morgan fingerprint density at radius 2 is 1.88 bits per heavy atom. The predicted octanol–water partition coefficient (Wildman–Crippen LogP) is 4.19. The normalized spacial score (nSPS) is 11.0. The molecule has 1 amide bonds. The highest BCUT2D eigenvalue weighted by Crippen LogP contribution is 2.18. The second-order valence-electron chi connectivity index (χ2n) is 5.21. The van der Waals surface area contributed by atoms with Crippen molar-refractivity contribution in [1.29, 1.82) is 0 Å². The van der Waals surface area contributed by atoms with Gasteiger partial charge in [-0.15, -0.1) is 0 Å². The zero-order valence-corrected chi connectivity index (χ0v) is 13.9. The maximum Gasteiger partial charge on any atom is 0.275 e. The number of nitrogens with zero attached hydrogens (tertiary/aromatic N) is 1. The van der Waals surface area contributed by atoms with E-state index in [0.29, 0.717) is 17.9 Å². The lowest BCUT2D eigenvalue weighted by atomic mass is 10.1. The van der Waals surface area contributed by atoms with Crippen molar-refractivity contribution in [1.82, 2.24) is 5.43 Å². The molecule has 0 heterocycles. The molecule has 4 nitrogen and oxygen atoms in total. The maximum atomic E-state index is 12.4. The number of para-hydroxylation sites is 1. The molecule has 0 saturated carbocycles. The summed E-state index contributed by atoms with van der Waals surface area (Å²) in [7, 11) is 0. The van der Waals surface area contributed by atoms with Gasteiger partial charge in [-0.2, -0.15) is 5.10 Å². The molecule has 0 aromatic heterocycles. The van der Waals surface area contributed by atoms with Gasteiger partial charge in [0.25, 0.3) is 5.91 Å². The van der Waals surface area contributed by atoms with Crippen LogP contribution in [0.15, 0.2) is 72.4 Å². The van der Waals surface area contributed by atoms with Gasteiger partial charge < -0.3 is 4.74 Å². The molecular formula is C20H22N2O2. The van der Waals surface area contributed by atoms with Gasteiger partial charge in [0.05, 0.1) is 11.3 Å². The first kappa shape index (κ1) is 17.5. The van der Waals surface area contributed by atoms with Crippen molar-refractivity contribution in [3.05, 3.63) is 78.4 Å². The number of hydrogen-bond donors (Lipinski definition) is 1. The van der Waals surface area contributed by atoms with E-state index < -0.39 is 0 Å². The Bertz CT molecular complexity index is 709. The standard InChI is InChI=1S/C20H22N2O2/c1-3-10-18(16-11-6-5-7-12-16)21-22-20(23)17-13-8-9-14-19(17)24-15-4-2/h4-9,11-14H,2-3,10,15H2,1H3,(H,22,23)/b21-18+. The highest BCUT2D eigenvalue weighted by molar-refractivity contribution is 6.02. The van der Waals surface area contributed by atoms with Gasteiger partial charge in [-0.1, -0.05) is 68.5 Å². The number of hydrazone groups is 1. The number of ether oxygens (including phenoxy) is 1. The van der Waals surface area contributed by atoms with Crippen LogP contribution in [-0.2, 0) is 0 Å². The quantitative estimate of drug-likeness (QED) is 0.450. The number of amides is 1. The van der Waals surface area contributed by atoms with E-state index in [4.69, 9.17) is 4.74 Å². The largest absolute Gasteiger partial charge is 0.489 e. The summed E-state index contributed by atoms with van der Waals surface area (Å²) in [6.07, 6.45) is 3.38. The van der Waals surface area contributed by atoms with Crippen LogP contribution < -0.4 is 10.2 Å². The Hall–Kier alpha value is -2.88. The van der Waals surface area contributed by atoms with Gasteiger partial charge in [-0.05, 0) is 24.1 Å². The molecule has 0 fully saturated rings. The van der Waals surface area contributed by atoms with Crippen molar-refractivity contribution in [2.75, 3.05) is 6.61 Å². The Labute approximate surface area is 142 Å². The molecule has 2 aromatic carbocycles. The van der Waals surface area contributed by atoms with Gasteiger partial charge in [0.1, 0.15) is 12.4 Å². The summed E-state index contributed by atoms with van der Waals surface area (Å²) in [6.45, 7) is 6.04. The first-order valence-electron chi connectivity index (χ1n) is 8.01. The molecule has 0 aliphatic rings. The van der Waals surface area contributed by atoms with Crippen molar-refractivity contribution >= 4 is 11.6 Å². The van der Waals surface area contributed by atoms with Crippen LogP contribution in [0.25, 0.3) is 0 Å². The van der Waals surface area contributed by atoms with E-state index >= 15 is 0 Å². The molecule has 0 bridgehead atoms. The Balaban J connectivity index is 2.17. The van der Waals surface area contributed by atoms with Gasteiger partial charge in [0.15, 0.2) is 0 Å². The number of carbonyl (C=O) groups is 1. The summed E-state index contributed by atoms with van der Waals surface area (Å²) in [6, 6.07) is 16.9. The van der Waals surface area contributed by atoms with Gasteiger partial charge >= 0.3 is 0 Å². The van der Waals surface area contributed by atoms with Crippen LogP contribution in [0.3, 0.4) is 0 Å². The molecule has 0 aliphatic heterocycles. The average Bonchev–Trinajstić information content (AvgIpc) is 2.64.